The molecule has 3 aromatic rings. The fourth-order valence-corrected chi connectivity index (χ4v) is 4.87. The number of sulfonamides is 1. The molecule has 0 saturated carbocycles. The molecule has 3 rings (SSSR count). The second-order valence-electron chi connectivity index (χ2n) is 9.32. The maximum atomic E-state index is 13.7. The van der Waals surface area contributed by atoms with Crippen LogP contribution in [-0.4, -0.2) is 50.0 Å². The molecule has 0 fully saturated rings. The summed E-state index contributed by atoms with van der Waals surface area (Å²) in [6.45, 7) is 5.18. The van der Waals surface area contributed by atoms with Crippen LogP contribution in [0.5, 0.6) is 11.5 Å². The Bertz CT molecular complexity index is 1350. The number of ether oxygens (including phenoxy) is 1. The molecular weight excluding hydrogens is 582 g/mol. The van der Waals surface area contributed by atoms with Crippen molar-refractivity contribution < 1.29 is 22.7 Å². The van der Waals surface area contributed by atoms with Gasteiger partial charge in [0, 0.05) is 17.1 Å². The van der Waals surface area contributed by atoms with Gasteiger partial charge in [0.15, 0.2) is 0 Å². The average molecular weight is 617 g/mol. The Morgan fingerprint density at radius 2 is 1.51 bits per heavy atom. The molecule has 0 radical (unpaired) electrons. The molecule has 0 spiro atoms. The minimum atomic E-state index is -3.83. The fourth-order valence-electron chi connectivity index (χ4n) is 3.75. The highest BCUT2D eigenvalue weighted by Gasteiger charge is 2.30. The van der Waals surface area contributed by atoms with Crippen molar-refractivity contribution in [2.75, 3.05) is 17.1 Å². The molecule has 0 aromatic heterocycles. The van der Waals surface area contributed by atoms with E-state index in [9.17, 15) is 18.0 Å². The first-order valence-electron chi connectivity index (χ1n) is 12.6. The highest BCUT2D eigenvalue weighted by molar-refractivity contribution is 9.10. The number of amides is 2. The average Bonchev–Trinajstić information content (AvgIpc) is 2.91. The fraction of sp³-hybridized carbons (Fsp3) is 0.310. The zero-order valence-corrected chi connectivity index (χ0v) is 24.9. The van der Waals surface area contributed by atoms with Crippen LogP contribution in [0.4, 0.5) is 5.69 Å². The molecular formula is C29H34BrN3O5S. The second kappa shape index (κ2) is 13.6. The summed E-state index contributed by atoms with van der Waals surface area (Å²) in [6.07, 6.45) is 1.79. The van der Waals surface area contributed by atoms with Gasteiger partial charge in [-0.3, -0.25) is 13.9 Å². The Labute approximate surface area is 239 Å². The Morgan fingerprint density at radius 1 is 0.923 bits per heavy atom. The minimum Gasteiger partial charge on any atom is -0.457 e. The van der Waals surface area contributed by atoms with Crippen molar-refractivity contribution in [3.63, 3.8) is 0 Å². The smallest absolute Gasteiger partial charge is 0.244 e. The Balaban J connectivity index is 1.85. The summed E-state index contributed by atoms with van der Waals surface area (Å²) < 4.78 is 33.3. The van der Waals surface area contributed by atoms with Crippen LogP contribution in [0.1, 0.15) is 32.8 Å². The molecule has 2 atom stereocenters. The number of halogens is 1. The standard InChI is InChI=1S/C29H34BrN3O5S/c1-5-21(2)31-29(35)22(3)32(19-23-11-13-24(30)14-12-23)28(34)20-33(39(4,36)37)25-15-17-27(18-16-25)38-26-9-7-6-8-10-26/h6-18,21-22H,5,19-20H2,1-4H3,(H,31,35)/t21-,22-/m1/s1. The number of benzene rings is 3. The molecule has 0 unspecified atom stereocenters. The lowest BCUT2D eigenvalue weighted by Crippen LogP contribution is -2.52. The number of carbonyl (C=O) groups excluding carboxylic acids is 2. The maximum Gasteiger partial charge on any atom is 0.244 e. The number of carbonyl (C=O) groups is 2. The van der Waals surface area contributed by atoms with Crippen molar-refractivity contribution in [3.8, 4) is 11.5 Å². The van der Waals surface area contributed by atoms with Crippen LogP contribution >= 0.6 is 15.9 Å². The predicted octanol–water partition coefficient (Wildman–Crippen LogP) is 5.34. The first kappa shape index (κ1) is 30.2. The van der Waals surface area contributed by atoms with Gasteiger partial charge in [0.2, 0.25) is 21.8 Å². The van der Waals surface area contributed by atoms with E-state index in [4.69, 9.17) is 4.74 Å². The monoisotopic (exact) mass is 615 g/mol. The third kappa shape index (κ3) is 8.83. The van der Waals surface area contributed by atoms with E-state index in [1.54, 1.807) is 31.2 Å². The van der Waals surface area contributed by atoms with Crippen LogP contribution in [0.2, 0.25) is 0 Å². The summed E-state index contributed by atoms with van der Waals surface area (Å²) >= 11 is 3.40. The molecule has 39 heavy (non-hydrogen) atoms. The third-order valence-electron chi connectivity index (χ3n) is 6.22. The highest BCUT2D eigenvalue weighted by atomic mass is 79.9. The first-order valence-corrected chi connectivity index (χ1v) is 15.3. The SMILES string of the molecule is CC[C@@H](C)NC(=O)[C@@H](C)N(Cc1ccc(Br)cc1)C(=O)CN(c1ccc(Oc2ccccc2)cc1)S(C)(=O)=O. The summed E-state index contributed by atoms with van der Waals surface area (Å²) in [5.74, 6) is 0.369. The number of nitrogens with zero attached hydrogens (tertiary/aromatic N) is 2. The van der Waals surface area contributed by atoms with Crippen molar-refractivity contribution in [3.05, 3.63) is 88.9 Å². The van der Waals surface area contributed by atoms with Crippen molar-refractivity contribution in [1.29, 1.82) is 0 Å². The van der Waals surface area contributed by atoms with Gasteiger partial charge in [0.05, 0.1) is 11.9 Å². The van der Waals surface area contributed by atoms with Gasteiger partial charge < -0.3 is 15.0 Å². The molecule has 2 amide bonds. The molecule has 0 aliphatic rings. The van der Waals surface area contributed by atoms with E-state index >= 15 is 0 Å². The van der Waals surface area contributed by atoms with E-state index in [-0.39, 0.29) is 18.5 Å². The van der Waals surface area contributed by atoms with Crippen LogP contribution in [0.25, 0.3) is 0 Å². The maximum absolute atomic E-state index is 13.7. The molecule has 208 valence electrons. The summed E-state index contributed by atoms with van der Waals surface area (Å²) in [5, 5.41) is 2.91. The van der Waals surface area contributed by atoms with E-state index in [0.29, 0.717) is 17.2 Å². The number of para-hydroxylation sites is 1. The number of hydrogen-bond acceptors (Lipinski definition) is 5. The zero-order chi connectivity index (χ0) is 28.6. The highest BCUT2D eigenvalue weighted by Crippen LogP contribution is 2.26. The van der Waals surface area contributed by atoms with Crippen molar-refractivity contribution in [2.45, 2.75) is 45.8 Å². The molecule has 3 aromatic carbocycles. The summed E-state index contributed by atoms with van der Waals surface area (Å²) in [7, 11) is -3.83. The van der Waals surface area contributed by atoms with Crippen LogP contribution < -0.4 is 14.4 Å². The molecule has 0 saturated heterocycles. The Kier molecular flexibility index (Phi) is 10.5. The molecule has 10 heteroatoms. The molecule has 0 heterocycles. The molecule has 0 aliphatic carbocycles. The second-order valence-corrected chi connectivity index (χ2v) is 12.1. The van der Waals surface area contributed by atoms with E-state index in [2.05, 4.69) is 21.2 Å². The lowest BCUT2D eigenvalue weighted by molar-refractivity contribution is -0.139. The van der Waals surface area contributed by atoms with E-state index in [0.717, 1.165) is 27.0 Å². The van der Waals surface area contributed by atoms with Gasteiger partial charge in [-0.2, -0.15) is 0 Å². The van der Waals surface area contributed by atoms with Gasteiger partial charge >= 0.3 is 0 Å². The Morgan fingerprint density at radius 3 is 2.08 bits per heavy atom. The molecule has 0 bridgehead atoms. The molecule has 1 N–H and O–H groups in total. The van der Waals surface area contributed by atoms with Crippen molar-refractivity contribution >= 4 is 43.5 Å². The lowest BCUT2D eigenvalue weighted by Gasteiger charge is -2.32. The van der Waals surface area contributed by atoms with Gasteiger partial charge in [0.25, 0.3) is 0 Å². The van der Waals surface area contributed by atoms with Gasteiger partial charge in [0.1, 0.15) is 24.1 Å². The van der Waals surface area contributed by atoms with Gasteiger partial charge in [-0.15, -0.1) is 0 Å². The number of rotatable bonds is 12. The van der Waals surface area contributed by atoms with Crippen LogP contribution in [0, 0.1) is 0 Å². The summed E-state index contributed by atoms with van der Waals surface area (Å²) in [5.41, 5.74) is 1.12. The number of nitrogens with one attached hydrogen (secondary N) is 1. The van der Waals surface area contributed by atoms with E-state index in [1.807, 2.05) is 68.4 Å². The van der Waals surface area contributed by atoms with Gasteiger partial charge in [-0.05, 0) is 74.4 Å². The topological polar surface area (TPSA) is 96.0 Å². The molecule has 8 nitrogen and oxygen atoms in total. The summed E-state index contributed by atoms with van der Waals surface area (Å²) in [6, 6.07) is 22.2. The Hall–Kier alpha value is -3.37. The van der Waals surface area contributed by atoms with Crippen molar-refractivity contribution in [2.24, 2.45) is 0 Å². The van der Waals surface area contributed by atoms with Crippen LogP contribution in [0.3, 0.4) is 0 Å². The zero-order valence-electron chi connectivity index (χ0n) is 22.5. The first-order chi connectivity index (χ1) is 18.5. The third-order valence-corrected chi connectivity index (χ3v) is 7.89. The largest absolute Gasteiger partial charge is 0.457 e. The van der Waals surface area contributed by atoms with Gasteiger partial charge in [-0.1, -0.05) is 53.2 Å². The predicted molar refractivity (Wildman–Crippen MR) is 157 cm³/mol. The van der Waals surface area contributed by atoms with Gasteiger partial charge in [-0.25, -0.2) is 8.42 Å². The van der Waals surface area contributed by atoms with E-state index in [1.165, 1.54) is 4.90 Å². The number of hydrogen-bond donors (Lipinski definition) is 1. The molecule has 0 aliphatic heterocycles. The normalized spacial score (nSPS) is 12.7. The lowest BCUT2D eigenvalue weighted by atomic mass is 10.1. The van der Waals surface area contributed by atoms with Crippen LogP contribution in [-0.2, 0) is 26.2 Å². The minimum absolute atomic E-state index is 0.0614. The quantitative estimate of drug-likeness (QED) is 0.297. The summed E-state index contributed by atoms with van der Waals surface area (Å²) in [4.78, 5) is 28.1. The van der Waals surface area contributed by atoms with Crippen LogP contribution in [0.15, 0.2) is 83.3 Å². The number of anilines is 1. The van der Waals surface area contributed by atoms with Crippen molar-refractivity contribution in [1.82, 2.24) is 10.2 Å². The van der Waals surface area contributed by atoms with E-state index < -0.39 is 28.5 Å².